The highest BCUT2D eigenvalue weighted by atomic mass is 16.5. The zero-order valence-electron chi connectivity index (χ0n) is 18.7. The van der Waals surface area contributed by atoms with Gasteiger partial charge in [-0.05, 0) is 68.7 Å². The summed E-state index contributed by atoms with van der Waals surface area (Å²) in [5, 5.41) is 0. The molecule has 3 rings (SSSR count). The Labute approximate surface area is 182 Å². The van der Waals surface area contributed by atoms with Gasteiger partial charge in [0.15, 0.2) is 19.0 Å². The second kappa shape index (κ2) is 9.20. The van der Waals surface area contributed by atoms with E-state index in [-0.39, 0.29) is 37.4 Å². The third-order valence-corrected chi connectivity index (χ3v) is 5.54. The zero-order chi connectivity index (χ0) is 22.7. The van der Waals surface area contributed by atoms with E-state index in [1.54, 1.807) is 25.2 Å². The van der Waals surface area contributed by atoms with Gasteiger partial charge in [0.05, 0.1) is 5.69 Å². The Morgan fingerprint density at radius 1 is 1.16 bits per heavy atom. The van der Waals surface area contributed by atoms with Crippen molar-refractivity contribution in [1.82, 2.24) is 4.90 Å². The maximum atomic E-state index is 12.8. The van der Waals surface area contributed by atoms with Gasteiger partial charge in [-0.25, -0.2) is 0 Å². The number of fused-ring (bicyclic) bond motifs is 1. The maximum Gasteiger partial charge on any atom is 0.265 e. The van der Waals surface area contributed by atoms with Gasteiger partial charge in [-0.15, -0.1) is 0 Å². The van der Waals surface area contributed by atoms with Crippen molar-refractivity contribution >= 4 is 23.3 Å². The molecule has 2 aromatic carbocycles. The highest BCUT2D eigenvalue weighted by Gasteiger charge is 2.29. The minimum Gasteiger partial charge on any atom is -0.485 e. The Kier molecular flexibility index (Phi) is 6.63. The molecule has 0 radical (unpaired) electrons. The van der Waals surface area contributed by atoms with Crippen molar-refractivity contribution in [2.45, 2.75) is 27.7 Å². The number of hydrogen-bond acceptors (Lipinski definition) is 5. The topological polar surface area (TPSA) is 76.2 Å². The predicted molar refractivity (Wildman–Crippen MR) is 118 cm³/mol. The van der Waals surface area contributed by atoms with E-state index >= 15 is 0 Å². The zero-order valence-corrected chi connectivity index (χ0v) is 18.7. The largest absolute Gasteiger partial charge is 0.485 e. The Hall–Kier alpha value is -3.35. The second-order valence-electron chi connectivity index (χ2n) is 7.78. The first-order valence-electron chi connectivity index (χ1n) is 10.3. The molecule has 0 fully saturated rings. The molecule has 31 heavy (non-hydrogen) atoms. The lowest BCUT2D eigenvalue weighted by atomic mass is 10.1. The van der Waals surface area contributed by atoms with E-state index in [9.17, 15) is 14.4 Å². The number of hydrogen-bond donors (Lipinski definition) is 0. The summed E-state index contributed by atoms with van der Waals surface area (Å²) >= 11 is 0. The summed E-state index contributed by atoms with van der Waals surface area (Å²) in [6.07, 6.45) is 0. The second-order valence-corrected chi connectivity index (χ2v) is 7.78. The number of benzene rings is 2. The molecule has 1 aliphatic rings. The smallest absolute Gasteiger partial charge is 0.265 e. The van der Waals surface area contributed by atoms with Crippen LogP contribution in [0.25, 0.3) is 0 Å². The average molecular weight is 424 g/mol. The minimum absolute atomic E-state index is 0.102. The highest BCUT2D eigenvalue weighted by Crippen LogP contribution is 2.33. The Morgan fingerprint density at radius 3 is 2.61 bits per heavy atom. The molecule has 164 valence electrons. The Morgan fingerprint density at radius 2 is 1.90 bits per heavy atom. The molecule has 2 amide bonds. The number of anilines is 1. The fraction of sp³-hybridized carbons (Fsp3) is 0.375. The quantitative estimate of drug-likeness (QED) is 0.639. The van der Waals surface area contributed by atoms with Gasteiger partial charge >= 0.3 is 0 Å². The van der Waals surface area contributed by atoms with Crippen LogP contribution in [-0.4, -0.2) is 55.8 Å². The van der Waals surface area contributed by atoms with Crippen molar-refractivity contribution in [2.24, 2.45) is 0 Å². The lowest BCUT2D eigenvalue weighted by Crippen LogP contribution is -2.45. The molecular weight excluding hydrogens is 396 g/mol. The van der Waals surface area contributed by atoms with E-state index in [0.29, 0.717) is 29.3 Å². The van der Waals surface area contributed by atoms with Gasteiger partial charge in [0.2, 0.25) is 5.91 Å². The van der Waals surface area contributed by atoms with Gasteiger partial charge in [-0.1, -0.05) is 6.07 Å². The Bertz CT molecular complexity index is 1030. The monoisotopic (exact) mass is 424 g/mol. The number of ketones is 1. The van der Waals surface area contributed by atoms with Crippen LogP contribution in [0.5, 0.6) is 11.5 Å². The van der Waals surface area contributed by atoms with E-state index in [2.05, 4.69) is 6.07 Å². The number of carbonyl (C=O) groups excluding carboxylic acids is 3. The SMILES string of the molecule is CCN(C)C(=O)CN1C(=O)COc2ccc(C(=O)COc3cc(C)cc(C)c3C)cc21. The molecular formula is C24H28N2O5. The van der Waals surface area contributed by atoms with E-state index < -0.39 is 0 Å². The number of amides is 2. The van der Waals surface area contributed by atoms with Crippen LogP contribution >= 0.6 is 0 Å². The summed E-state index contributed by atoms with van der Waals surface area (Å²) in [5.74, 6) is 0.411. The molecule has 0 atom stereocenters. The fourth-order valence-electron chi connectivity index (χ4n) is 3.36. The summed E-state index contributed by atoms with van der Waals surface area (Å²) in [4.78, 5) is 40.5. The van der Waals surface area contributed by atoms with Crippen molar-refractivity contribution < 1.29 is 23.9 Å². The molecule has 1 aliphatic heterocycles. The molecule has 7 heteroatoms. The number of ether oxygens (including phenoxy) is 2. The Balaban J connectivity index is 1.80. The fourth-order valence-corrected chi connectivity index (χ4v) is 3.36. The first kappa shape index (κ1) is 22.3. The maximum absolute atomic E-state index is 12.8. The third kappa shape index (κ3) is 4.87. The summed E-state index contributed by atoms with van der Waals surface area (Å²) < 4.78 is 11.3. The van der Waals surface area contributed by atoms with Crippen LogP contribution in [0.1, 0.15) is 34.0 Å². The van der Waals surface area contributed by atoms with Crippen LogP contribution < -0.4 is 14.4 Å². The van der Waals surface area contributed by atoms with E-state index in [0.717, 1.165) is 16.7 Å². The summed E-state index contributed by atoms with van der Waals surface area (Å²) in [5.41, 5.74) is 3.96. The summed E-state index contributed by atoms with van der Waals surface area (Å²) in [6.45, 7) is 7.97. The van der Waals surface area contributed by atoms with Gasteiger partial charge < -0.3 is 14.4 Å². The first-order chi connectivity index (χ1) is 14.7. The number of aryl methyl sites for hydroxylation is 2. The number of rotatable bonds is 7. The van der Waals surface area contributed by atoms with Crippen LogP contribution in [0.15, 0.2) is 30.3 Å². The first-order valence-corrected chi connectivity index (χ1v) is 10.3. The molecule has 7 nitrogen and oxygen atoms in total. The number of Topliss-reactive ketones (excluding diaryl/α,β-unsaturated/α-hetero) is 1. The van der Waals surface area contributed by atoms with Crippen LogP contribution in [0.2, 0.25) is 0 Å². The van der Waals surface area contributed by atoms with Crippen molar-refractivity contribution in [2.75, 3.05) is 38.3 Å². The molecule has 2 aromatic rings. The van der Waals surface area contributed by atoms with Crippen LogP contribution in [0.4, 0.5) is 5.69 Å². The van der Waals surface area contributed by atoms with Crippen LogP contribution in [0.3, 0.4) is 0 Å². The van der Waals surface area contributed by atoms with Crippen molar-refractivity contribution in [3.05, 3.63) is 52.6 Å². The van der Waals surface area contributed by atoms with E-state index in [4.69, 9.17) is 9.47 Å². The van der Waals surface area contributed by atoms with Gasteiger partial charge in [0, 0.05) is 19.2 Å². The van der Waals surface area contributed by atoms with Crippen LogP contribution in [-0.2, 0) is 9.59 Å². The minimum atomic E-state index is -0.322. The molecule has 1 heterocycles. The molecule has 0 aromatic heterocycles. The number of likely N-dealkylation sites (N-methyl/N-ethyl adjacent to an activating group) is 1. The summed E-state index contributed by atoms with van der Waals surface area (Å²) in [7, 11) is 1.68. The molecule has 0 saturated carbocycles. The van der Waals surface area contributed by atoms with E-state index in [1.807, 2.05) is 33.8 Å². The molecule has 0 saturated heterocycles. The number of nitrogens with zero attached hydrogens (tertiary/aromatic N) is 2. The van der Waals surface area contributed by atoms with Crippen LogP contribution in [0, 0.1) is 20.8 Å². The van der Waals surface area contributed by atoms with Gasteiger partial charge in [0.1, 0.15) is 18.0 Å². The van der Waals surface area contributed by atoms with E-state index in [1.165, 1.54) is 9.80 Å². The molecule has 0 aliphatic carbocycles. The molecule has 0 N–H and O–H groups in total. The van der Waals surface area contributed by atoms with Crippen molar-refractivity contribution in [3.8, 4) is 11.5 Å². The van der Waals surface area contributed by atoms with Crippen molar-refractivity contribution in [1.29, 1.82) is 0 Å². The van der Waals surface area contributed by atoms with Gasteiger partial charge in [-0.2, -0.15) is 0 Å². The molecule has 0 unspecified atom stereocenters. The number of carbonyl (C=O) groups is 3. The predicted octanol–water partition coefficient (Wildman–Crippen LogP) is 3.08. The average Bonchev–Trinajstić information content (AvgIpc) is 2.75. The standard InChI is InChI=1S/C24H28N2O5/c1-6-25(5)23(28)12-26-19-11-18(7-8-21(19)31-14-24(26)29)20(27)13-30-22-10-15(2)9-16(3)17(22)4/h7-11H,6,12-14H2,1-5H3. The summed E-state index contributed by atoms with van der Waals surface area (Å²) in [6, 6.07) is 8.86. The lowest BCUT2D eigenvalue weighted by Gasteiger charge is -2.30. The molecule has 0 spiro atoms. The normalized spacial score (nSPS) is 12.8. The molecule has 0 bridgehead atoms. The lowest BCUT2D eigenvalue weighted by molar-refractivity contribution is -0.130. The van der Waals surface area contributed by atoms with Gasteiger partial charge in [-0.3, -0.25) is 19.3 Å². The highest BCUT2D eigenvalue weighted by molar-refractivity contribution is 6.04. The third-order valence-electron chi connectivity index (χ3n) is 5.54. The van der Waals surface area contributed by atoms with Crippen molar-refractivity contribution in [3.63, 3.8) is 0 Å². The van der Waals surface area contributed by atoms with Gasteiger partial charge in [0.25, 0.3) is 5.91 Å².